The molecule has 1 atom stereocenters. The van der Waals surface area contributed by atoms with Gasteiger partial charge in [0.05, 0.1) is 5.71 Å². The number of aliphatic imine (C=N–C) groups is 2. The van der Waals surface area contributed by atoms with Crippen molar-refractivity contribution in [2.45, 2.75) is 11.0 Å². The summed E-state index contributed by atoms with van der Waals surface area (Å²) in [6, 6.07) is 0. The van der Waals surface area contributed by atoms with Gasteiger partial charge >= 0.3 is 0 Å². The van der Waals surface area contributed by atoms with Crippen molar-refractivity contribution >= 4 is 27.5 Å². The van der Waals surface area contributed by atoms with Crippen LogP contribution in [-0.4, -0.2) is 16.1 Å². The van der Waals surface area contributed by atoms with Crippen LogP contribution in [0, 0.1) is 0 Å². The van der Waals surface area contributed by atoms with Gasteiger partial charge in [-0.15, -0.1) is 0 Å². The van der Waals surface area contributed by atoms with Crippen molar-refractivity contribution in [2.24, 2.45) is 15.7 Å². The zero-order valence-corrected chi connectivity index (χ0v) is 11.1. The molecule has 0 aromatic heterocycles. The Morgan fingerprint density at radius 2 is 2.28 bits per heavy atom. The molecule has 0 bridgehead atoms. The van der Waals surface area contributed by atoms with Crippen molar-refractivity contribution in [3.05, 3.63) is 48.1 Å². The Hall–Kier alpha value is -1.82. The number of rotatable bonds is 2. The second-order valence-electron chi connectivity index (χ2n) is 4.11. The second-order valence-corrected chi connectivity index (χ2v) is 5.30. The van der Waals surface area contributed by atoms with Gasteiger partial charge in [-0.1, -0.05) is 6.08 Å². The van der Waals surface area contributed by atoms with Gasteiger partial charge in [-0.3, -0.25) is 4.99 Å². The summed E-state index contributed by atoms with van der Waals surface area (Å²) in [6.45, 7) is 0. The molecule has 18 heavy (non-hydrogen) atoms. The molecule has 0 radical (unpaired) electrons. The summed E-state index contributed by atoms with van der Waals surface area (Å²) >= 11 is 3.52. The van der Waals surface area contributed by atoms with Gasteiger partial charge in [0, 0.05) is 30.7 Å². The molecule has 0 fully saturated rings. The average molecular weight is 306 g/mol. The molecule has 0 amide bonds. The van der Waals surface area contributed by atoms with E-state index in [0.29, 0.717) is 5.84 Å². The summed E-state index contributed by atoms with van der Waals surface area (Å²) in [7, 11) is 0. The van der Waals surface area contributed by atoms with Crippen molar-refractivity contribution in [3.63, 3.8) is 0 Å². The van der Waals surface area contributed by atoms with Gasteiger partial charge in [0.2, 0.25) is 4.57 Å². The molecule has 0 saturated heterocycles. The first-order valence-electron chi connectivity index (χ1n) is 5.56. The SMILES string of the molecule is NC1=NC=CNC1(Br)NC1=CCC2=NC=CC2=C1. The second kappa shape index (κ2) is 4.13. The molecule has 0 aromatic carbocycles. The van der Waals surface area contributed by atoms with Crippen LogP contribution in [0.25, 0.3) is 0 Å². The Bertz CT molecular complexity index is 567. The zero-order chi connectivity index (χ0) is 12.6. The van der Waals surface area contributed by atoms with Crippen LogP contribution >= 0.6 is 15.9 Å². The van der Waals surface area contributed by atoms with Crippen LogP contribution in [-0.2, 0) is 0 Å². The van der Waals surface area contributed by atoms with E-state index in [9.17, 15) is 0 Å². The van der Waals surface area contributed by atoms with Gasteiger partial charge < -0.3 is 16.4 Å². The fraction of sp³-hybridized carbons (Fsp3) is 0.167. The van der Waals surface area contributed by atoms with E-state index in [4.69, 9.17) is 5.73 Å². The van der Waals surface area contributed by atoms with Crippen molar-refractivity contribution in [2.75, 3.05) is 0 Å². The summed E-state index contributed by atoms with van der Waals surface area (Å²) in [6.07, 6.45) is 12.1. The molecule has 92 valence electrons. The number of alkyl halides is 1. The van der Waals surface area contributed by atoms with E-state index in [2.05, 4.69) is 42.6 Å². The van der Waals surface area contributed by atoms with E-state index in [0.717, 1.165) is 23.4 Å². The van der Waals surface area contributed by atoms with Gasteiger partial charge in [-0.2, -0.15) is 0 Å². The van der Waals surface area contributed by atoms with E-state index >= 15 is 0 Å². The van der Waals surface area contributed by atoms with Crippen LogP contribution in [0.3, 0.4) is 0 Å². The Kier molecular flexibility index (Phi) is 2.59. The number of allylic oxidation sites excluding steroid dienone is 4. The van der Waals surface area contributed by atoms with E-state index in [1.165, 1.54) is 0 Å². The van der Waals surface area contributed by atoms with Crippen molar-refractivity contribution in [1.29, 1.82) is 0 Å². The quantitative estimate of drug-likeness (QED) is 0.531. The molecule has 4 N–H and O–H groups in total. The Morgan fingerprint density at radius 3 is 3.11 bits per heavy atom. The number of fused-ring (bicyclic) bond motifs is 1. The lowest BCUT2D eigenvalue weighted by Gasteiger charge is -2.32. The molecular weight excluding hydrogens is 294 g/mol. The van der Waals surface area contributed by atoms with E-state index in [1.807, 2.05) is 18.4 Å². The first-order chi connectivity index (χ1) is 8.67. The standard InChI is InChI=1S/C12H12BrN5/c13-12(11(14)16-5-6-17-12)18-9-1-2-10-8(7-9)3-4-15-10/h1,3-7,17-18H,2H2,(H2,14,16). The van der Waals surface area contributed by atoms with Crippen LogP contribution in [0.4, 0.5) is 0 Å². The maximum Gasteiger partial charge on any atom is 0.224 e. The zero-order valence-electron chi connectivity index (χ0n) is 9.52. The number of nitrogens with zero attached hydrogens (tertiary/aromatic N) is 2. The molecule has 2 heterocycles. The molecule has 3 aliphatic rings. The third kappa shape index (κ3) is 1.88. The molecular formula is C12H12BrN5. The first kappa shape index (κ1) is 11.3. The molecule has 0 aromatic rings. The summed E-state index contributed by atoms with van der Waals surface area (Å²) < 4.78 is -0.735. The Morgan fingerprint density at radius 1 is 1.39 bits per heavy atom. The normalized spacial score (nSPS) is 28.7. The first-order valence-corrected chi connectivity index (χ1v) is 6.36. The minimum atomic E-state index is -0.735. The largest absolute Gasteiger partial charge is 0.383 e. The minimum absolute atomic E-state index is 0.436. The Balaban J connectivity index is 1.80. The molecule has 5 nitrogen and oxygen atoms in total. The van der Waals surface area contributed by atoms with E-state index in [1.54, 1.807) is 12.4 Å². The third-order valence-corrected chi connectivity index (χ3v) is 3.72. The highest BCUT2D eigenvalue weighted by atomic mass is 79.9. The van der Waals surface area contributed by atoms with Crippen LogP contribution in [0.5, 0.6) is 0 Å². The van der Waals surface area contributed by atoms with Gasteiger partial charge in [0.15, 0.2) is 5.84 Å². The number of hydrogen-bond donors (Lipinski definition) is 3. The maximum atomic E-state index is 5.88. The highest BCUT2D eigenvalue weighted by Crippen LogP contribution is 2.23. The molecule has 1 unspecified atom stereocenters. The fourth-order valence-corrected chi connectivity index (χ4v) is 2.40. The molecule has 3 rings (SSSR count). The molecule has 6 heteroatoms. The molecule has 1 aliphatic carbocycles. The highest BCUT2D eigenvalue weighted by Gasteiger charge is 2.32. The number of nitrogens with one attached hydrogen (secondary N) is 2. The van der Waals surface area contributed by atoms with Gasteiger partial charge in [-0.05, 0) is 33.7 Å². The van der Waals surface area contributed by atoms with Gasteiger partial charge in [0.25, 0.3) is 0 Å². The van der Waals surface area contributed by atoms with Crippen molar-refractivity contribution in [3.8, 4) is 0 Å². The topological polar surface area (TPSA) is 74.8 Å². The number of nitrogens with two attached hydrogens (primary N) is 1. The summed E-state index contributed by atoms with van der Waals surface area (Å²) in [5, 5.41) is 6.39. The van der Waals surface area contributed by atoms with Gasteiger partial charge in [-0.25, -0.2) is 4.99 Å². The number of hydrogen-bond acceptors (Lipinski definition) is 5. The van der Waals surface area contributed by atoms with E-state index in [-0.39, 0.29) is 0 Å². The predicted molar refractivity (Wildman–Crippen MR) is 76.0 cm³/mol. The summed E-state index contributed by atoms with van der Waals surface area (Å²) in [5.74, 6) is 0.436. The lowest BCUT2D eigenvalue weighted by Crippen LogP contribution is -2.59. The predicted octanol–water partition coefficient (Wildman–Crippen LogP) is 1.24. The van der Waals surface area contributed by atoms with Crippen molar-refractivity contribution in [1.82, 2.24) is 10.6 Å². The Labute approximate surface area is 113 Å². The maximum absolute atomic E-state index is 5.88. The van der Waals surface area contributed by atoms with Crippen LogP contribution in [0.1, 0.15) is 6.42 Å². The van der Waals surface area contributed by atoms with Gasteiger partial charge in [0.1, 0.15) is 0 Å². The molecule has 0 spiro atoms. The van der Waals surface area contributed by atoms with E-state index < -0.39 is 4.57 Å². The average Bonchev–Trinajstić information content (AvgIpc) is 2.80. The summed E-state index contributed by atoms with van der Waals surface area (Å²) in [4.78, 5) is 8.35. The van der Waals surface area contributed by atoms with Crippen LogP contribution < -0.4 is 16.4 Å². The third-order valence-electron chi connectivity index (χ3n) is 2.88. The van der Waals surface area contributed by atoms with Crippen LogP contribution in [0.15, 0.2) is 58.1 Å². The van der Waals surface area contributed by atoms with Crippen molar-refractivity contribution < 1.29 is 0 Å². The van der Waals surface area contributed by atoms with Crippen LogP contribution in [0.2, 0.25) is 0 Å². The lowest BCUT2D eigenvalue weighted by molar-refractivity contribution is 0.599. The smallest absolute Gasteiger partial charge is 0.224 e. The fourth-order valence-electron chi connectivity index (χ4n) is 1.93. The monoisotopic (exact) mass is 305 g/mol. The number of amidine groups is 1. The summed E-state index contributed by atoms with van der Waals surface area (Å²) in [5.41, 5.74) is 9.09. The lowest BCUT2D eigenvalue weighted by atomic mass is 10.0. The number of halogens is 1. The highest BCUT2D eigenvalue weighted by molar-refractivity contribution is 9.10. The molecule has 0 saturated carbocycles. The minimum Gasteiger partial charge on any atom is -0.383 e. The molecule has 2 aliphatic heterocycles.